The summed E-state index contributed by atoms with van der Waals surface area (Å²) in [5.74, 6) is -1.61. The van der Waals surface area contributed by atoms with Crippen LogP contribution in [0.3, 0.4) is 0 Å². The molecule has 2 aromatic rings. The summed E-state index contributed by atoms with van der Waals surface area (Å²) >= 11 is 0. The summed E-state index contributed by atoms with van der Waals surface area (Å²) in [5.41, 5.74) is 1.24. The molecule has 0 bridgehead atoms. The lowest BCUT2D eigenvalue weighted by Crippen LogP contribution is -2.56. The van der Waals surface area contributed by atoms with Crippen LogP contribution in [0.2, 0.25) is 0 Å². The second kappa shape index (κ2) is 19.3. The summed E-state index contributed by atoms with van der Waals surface area (Å²) in [6.45, 7) is 4.96. The summed E-state index contributed by atoms with van der Waals surface area (Å²) in [6.07, 6.45) is 9.55. The Morgan fingerprint density at radius 1 is 0.955 bits per heavy atom. The van der Waals surface area contributed by atoms with Crippen LogP contribution in [-0.2, 0) is 25.7 Å². The largest absolute Gasteiger partial charge is 0.479 e. The van der Waals surface area contributed by atoms with E-state index in [-0.39, 0.29) is 36.7 Å². The number of aryl methyl sites for hydroxylation is 1. The van der Waals surface area contributed by atoms with Crippen molar-refractivity contribution in [3.8, 4) is 17.3 Å². The number of carbonyl (C=O) groups excluding carboxylic acids is 4. The maximum absolute atomic E-state index is 13.2. The molecule has 15 nitrogen and oxygen atoms in total. The Labute approximate surface area is 259 Å². The van der Waals surface area contributed by atoms with Crippen molar-refractivity contribution in [2.75, 3.05) is 33.6 Å². The summed E-state index contributed by atoms with van der Waals surface area (Å²) < 4.78 is 1.70. The third kappa shape index (κ3) is 13.5. The second-order valence-corrected chi connectivity index (χ2v) is 11.3. The standard InChI is InChI=1S/C28H47BN10O5/c1-19(2)25(27(43)34-21(10-7-9-12-38(3)4)26(42)30-16-24(41)33-18-29)35-23(40)11-6-5-8-13-39-17-22(36-37-39)20-14-31-28(44)32-15-20/h14-15,17,19,21,25H,5-13,16,18,29H2,1-4H3,(H,30,42)(H,33,41)(H,34,43)(H,35,40)(H,31,32,44)/t21-,25-/m0/s1. The molecule has 2 aromatic heterocycles. The number of rotatable bonds is 20. The maximum Gasteiger partial charge on any atom is 0.313 e. The Morgan fingerprint density at radius 3 is 2.34 bits per heavy atom. The number of aromatic nitrogens is 5. The minimum atomic E-state index is -0.823. The van der Waals surface area contributed by atoms with Gasteiger partial charge < -0.3 is 31.3 Å². The van der Waals surface area contributed by atoms with Crippen molar-refractivity contribution in [2.45, 2.75) is 77.4 Å². The number of amides is 4. The summed E-state index contributed by atoms with van der Waals surface area (Å²) in [7, 11) is 5.73. The van der Waals surface area contributed by atoms with Crippen LogP contribution in [0.1, 0.15) is 58.8 Å². The van der Waals surface area contributed by atoms with Crippen molar-refractivity contribution in [1.29, 1.82) is 0 Å². The Bertz CT molecular complexity index is 1190. The van der Waals surface area contributed by atoms with Gasteiger partial charge in [-0.15, -0.1) is 5.10 Å². The average molecular weight is 615 g/mol. The van der Waals surface area contributed by atoms with Gasteiger partial charge in [-0.1, -0.05) is 25.5 Å². The fraction of sp³-hybridized carbons (Fsp3) is 0.643. The Hall–Kier alpha value is -4.08. The van der Waals surface area contributed by atoms with Gasteiger partial charge in [0.05, 0.1) is 12.7 Å². The van der Waals surface area contributed by atoms with Gasteiger partial charge in [0.2, 0.25) is 23.6 Å². The van der Waals surface area contributed by atoms with Crippen LogP contribution in [0.4, 0.5) is 0 Å². The Kier molecular flexibility index (Phi) is 15.8. The maximum atomic E-state index is 13.2. The quantitative estimate of drug-likeness (QED) is 0.0929. The molecule has 0 aliphatic carbocycles. The van der Waals surface area contributed by atoms with Gasteiger partial charge in [-0.3, -0.25) is 23.9 Å². The van der Waals surface area contributed by atoms with E-state index in [2.05, 4.69) is 41.5 Å². The van der Waals surface area contributed by atoms with Gasteiger partial charge in [0.25, 0.3) is 0 Å². The van der Waals surface area contributed by atoms with Crippen molar-refractivity contribution in [2.24, 2.45) is 5.92 Å². The average Bonchev–Trinajstić information content (AvgIpc) is 3.45. The fourth-order valence-electron chi connectivity index (χ4n) is 4.37. The van der Waals surface area contributed by atoms with Crippen LogP contribution in [0.25, 0.3) is 11.3 Å². The minimum Gasteiger partial charge on any atom is -0.479 e. The number of nitrogens with zero attached hydrogens (tertiary/aromatic N) is 6. The smallest absolute Gasteiger partial charge is 0.313 e. The van der Waals surface area contributed by atoms with E-state index in [4.69, 9.17) is 0 Å². The molecule has 0 fully saturated rings. The third-order valence-electron chi connectivity index (χ3n) is 6.81. The molecule has 0 aliphatic heterocycles. The van der Waals surface area contributed by atoms with E-state index >= 15 is 0 Å². The van der Waals surface area contributed by atoms with Gasteiger partial charge in [-0.05, 0) is 65.1 Å². The van der Waals surface area contributed by atoms with Crippen molar-refractivity contribution in [3.63, 3.8) is 0 Å². The SMILES string of the molecule is BCNC(=O)CNC(=O)[C@H](CCCCN(C)C)NC(=O)[C@@H](NC(=O)CCCCCn1cc(-c2cnc(O)nc2)nn1)C(C)C. The van der Waals surface area contributed by atoms with Crippen LogP contribution in [0, 0.1) is 5.92 Å². The van der Waals surface area contributed by atoms with Gasteiger partial charge in [0.15, 0.2) is 0 Å². The first-order valence-corrected chi connectivity index (χ1v) is 15.2. The molecule has 0 saturated heterocycles. The lowest BCUT2D eigenvalue weighted by atomic mass is 10.0. The molecular formula is C28H47BN10O5. The zero-order chi connectivity index (χ0) is 32.5. The van der Waals surface area contributed by atoms with Crippen molar-refractivity contribution in [3.05, 3.63) is 18.6 Å². The molecule has 0 spiro atoms. The number of nitrogens with one attached hydrogen (secondary N) is 4. The Balaban J connectivity index is 1.83. The van der Waals surface area contributed by atoms with Crippen LogP contribution < -0.4 is 21.3 Å². The van der Waals surface area contributed by atoms with E-state index < -0.39 is 23.9 Å². The minimum absolute atomic E-state index is 0.174. The van der Waals surface area contributed by atoms with E-state index in [9.17, 15) is 24.3 Å². The highest BCUT2D eigenvalue weighted by molar-refractivity contribution is 6.10. The number of unbranched alkanes of at least 4 members (excludes halogenated alkanes) is 3. The molecule has 0 aromatic carbocycles. The van der Waals surface area contributed by atoms with Gasteiger partial charge >= 0.3 is 6.01 Å². The lowest BCUT2D eigenvalue weighted by Gasteiger charge is -2.25. The molecule has 16 heteroatoms. The molecule has 4 amide bonds. The monoisotopic (exact) mass is 614 g/mol. The van der Waals surface area contributed by atoms with Crippen LogP contribution in [-0.4, -0.2) is 112 Å². The summed E-state index contributed by atoms with van der Waals surface area (Å²) in [6, 6.07) is -1.94. The summed E-state index contributed by atoms with van der Waals surface area (Å²) in [5, 5.41) is 28.3. The molecule has 44 heavy (non-hydrogen) atoms. The molecule has 0 unspecified atom stereocenters. The fourth-order valence-corrected chi connectivity index (χ4v) is 4.37. The predicted octanol–water partition coefficient (Wildman–Crippen LogP) is -0.818. The first-order chi connectivity index (χ1) is 21.0. The van der Waals surface area contributed by atoms with Crippen molar-refractivity contribution >= 4 is 31.5 Å². The highest BCUT2D eigenvalue weighted by Gasteiger charge is 2.28. The third-order valence-corrected chi connectivity index (χ3v) is 6.81. The van der Waals surface area contributed by atoms with Gasteiger partial charge in [0, 0.05) is 30.9 Å². The Morgan fingerprint density at radius 2 is 1.68 bits per heavy atom. The zero-order valence-corrected chi connectivity index (χ0v) is 26.5. The normalized spacial score (nSPS) is 12.5. The van der Waals surface area contributed by atoms with Gasteiger partial charge in [0.1, 0.15) is 25.6 Å². The molecule has 0 radical (unpaired) electrons. The first-order valence-electron chi connectivity index (χ1n) is 15.2. The molecule has 2 atom stereocenters. The van der Waals surface area contributed by atoms with Crippen LogP contribution in [0.5, 0.6) is 6.01 Å². The molecule has 242 valence electrons. The van der Waals surface area contributed by atoms with E-state index in [1.165, 1.54) is 12.4 Å². The van der Waals surface area contributed by atoms with Crippen LogP contribution in [0.15, 0.2) is 18.6 Å². The van der Waals surface area contributed by atoms with Crippen LogP contribution >= 0.6 is 0 Å². The van der Waals surface area contributed by atoms with Gasteiger partial charge in [-0.25, -0.2) is 9.97 Å². The molecular weight excluding hydrogens is 567 g/mol. The van der Waals surface area contributed by atoms with Crippen molar-refractivity contribution in [1.82, 2.24) is 51.1 Å². The number of hydrogen-bond acceptors (Lipinski definition) is 10. The predicted molar refractivity (Wildman–Crippen MR) is 167 cm³/mol. The highest BCUT2D eigenvalue weighted by atomic mass is 16.3. The number of aromatic hydroxyl groups is 1. The highest BCUT2D eigenvalue weighted by Crippen LogP contribution is 2.15. The molecule has 2 heterocycles. The molecule has 5 N–H and O–H groups in total. The molecule has 0 aliphatic rings. The number of hydrogen-bond donors (Lipinski definition) is 5. The van der Waals surface area contributed by atoms with E-state index in [0.29, 0.717) is 43.5 Å². The molecule has 0 saturated carbocycles. The van der Waals surface area contributed by atoms with E-state index in [0.717, 1.165) is 25.8 Å². The molecule has 2 rings (SSSR count). The van der Waals surface area contributed by atoms with E-state index in [1.807, 2.05) is 32.8 Å². The lowest BCUT2D eigenvalue weighted by molar-refractivity contribution is -0.133. The second-order valence-electron chi connectivity index (χ2n) is 11.3. The number of carbonyl (C=O) groups is 4. The van der Waals surface area contributed by atoms with E-state index in [1.54, 1.807) is 18.7 Å². The van der Waals surface area contributed by atoms with Gasteiger partial charge in [-0.2, -0.15) is 0 Å². The summed E-state index contributed by atoms with van der Waals surface area (Å²) in [4.78, 5) is 60.2. The topological polar surface area (TPSA) is 196 Å². The zero-order valence-electron chi connectivity index (χ0n) is 26.5. The first kappa shape index (κ1) is 36.1. The van der Waals surface area contributed by atoms with Crippen molar-refractivity contribution < 1.29 is 24.3 Å².